The summed E-state index contributed by atoms with van der Waals surface area (Å²) in [7, 11) is -3.13. The van der Waals surface area contributed by atoms with Crippen molar-refractivity contribution in [3.63, 3.8) is 0 Å². The SMILES string of the molecule is Cc1ccc(-c2nnn(CC(=O)OCC(=O)N(C3CCCC3)[C@H]3CCS(=O)(=O)C3)n2)cc1. The van der Waals surface area contributed by atoms with E-state index in [1.165, 1.54) is 0 Å². The van der Waals surface area contributed by atoms with Crippen LogP contribution in [0, 0.1) is 6.92 Å². The topological polar surface area (TPSA) is 124 Å². The van der Waals surface area contributed by atoms with E-state index in [9.17, 15) is 18.0 Å². The standard InChI is InChI=1S/C21H27N5O5S/c1-15-6-8-16(9-7-15)21-22-24-25(23-21)12-20(28)31-13-19(27)26(17-4-2-3-5-17)18-10-11-32(29,30)14-18/h6-9,17-18H,2-5,10-14H2,1H3/t18-/m0/s1. The Morgan fingerprint density at radius 1 is 1.12 bits per heavy atom. The van der Waals surface area contributed by atoms with Crippen LogP contribution in [0.3, 0.4) is 0 Å². The second-order valence-corrected chi connectivity index (χ2v) is 10.7. The zero-order valence-electron chi connectivity index (χ0n) is 18.0. The lowest BCUT2D eigenvalue weighted by molar-refractivity contribution is -0.154. The quantitative estimate of drug-likeness (QED) is 0.563. The highest BCUT2D eigenvalue weighted by Crippen LogP contribution is 2.29. The molecule has 2 aromatic rings. The molecule has 11 heteroatoms. The Balaban J connectivity index is 1.34. The Morgan fingerprint density at radius 3 is 2.50 bits per heavy atom. The van der Waals surface area contributed by atoms with Crippen LogP contribution in [0.15, 0.2) is 24.3 Å². The van der Waals surface area contributed by atoms with Crippen molar-refractivity contribution >= 4 is 21.7 Å². The average Bonchev–Trinajstić information content (AvgIpc) is 3.50. The number of aryl methyl sites for hydroxylation is 1. The lowest BCUT2D eigenvalue weighted by Crippen LogP contribution is -2.48. The van der Waals surface area contributed by atoms with Crippen LogP contribution >= 0.6 is 0 Å². The van der Waals surface area contributed by atoms with Crippen molar-refractivity contribution in [2.24, 2.45) is 0 Å². The molecule has 1 saturated carbocycles. The van der Waals surface area contributed by atoms with Gasteiger partial charge in [-0.3, -0.25) is 4.79 Å². The van der Waals surface area contributed by atoms with E-state index in [-0.39, 0.29) is 36.0 Å². The molecule has 10 nitrogen and oxygen atoms in total. The van der Waals surface area contributed by atoms with Gasteiger partial charge < -0.3 is 9.64 Å². The molecule has 1 aromatic heterocycles. The van der Waals surface area contributed by atoms with E-state index in [1.54, 1.807) is 4.90 Å². The van der Waals surface area contributed by atoms with Gasteiger partial charge in [-0.05, 0) is 31.4 Å². The molecule has 2 aliphatic rings. The summed E-state index contributed by atoms with van der Waals surface area (Å²) in [6.45, 7) is 1.28. The smallest absolute Gasteiger partial charge is 0.330 e. The van der Waals surface area contributed by atoms with E-state index in [4.69, 9.17) is 4.74 Å². The van der Waals surface area contributed by atoms with E-state index in [1.807, 2.05) is 31.2 Å². The Morgan fingerprint density at radius 2 is 1.84 bits per heavy atom. The van der Waals surface area contributed by atoms with Gasteiger partial charge in [-0.2, -0.15) is 4.80 Å². The van der Waals surface area contributed by atoms with Gasteiger partial charge in [-0.25, -0.2) is 13.2 Å². The first-order valence-corrected chi connectivity index (χ1v) is 12.6. The number of rotatable bonds is 7. The molecule has 32 heavy (non-hydrogen) atoms. The van der Waals surface area contributed by atoms with E-state index in [0.717, 1.165) is 41.6 Å². The van der Waals surface area contributed by atoms with Crippen molar-refractivity contribution in [1.82, 2.24) is 25.1 Å². The number of carbonyl (C=O) groups is 2. The van der Waals surface area contributed by atoms with Gasteiger partial charge in [0.25, 0.3) is 5.91 Å². The Hall–Kier alpha value is -2.82. The summed E-state index contributed by atoms with van der Waals surface area (Å²) in [5, 5.41) is 12.0. The fraction of sp³-hybridized carbons (Fsp3) is 0.571. The number of carbonyl (C=O) groups excluding carboxylic acids is 2. The molecule has 0 N–H and O–H groups in total. The van der Waals surface area contributed by atoms with Crippen molar-refractivity contribution in [2.45, 2.75) is 57.7 Å². The Labute approximate surface area is 186 Å². The third-order valence-electron chi connectivity index (χ3n) is 6.00. The number of hydrogen-bond acceptors (Lipinski definition) is 8. The number of benzene rings is 1. The molecular formula is C21H27N5O5S. The first-order chi connectivity index (χ1) is 15.3. The van der Waals surface area contributed by atoms with Crippen LogP contribution in [-0.2, 0) is 30.7 Å². The second kappa shape index (κ2) is 9.35. The van der Waals surface area contributed by atoms with Crippen molar-refractivity contribution in [1.29, 1.82) is 0 Å². The molecule has 0 radical (unpaired) electrons. The first-order valence-electron chi connectivity index (χ1n) is 10.8. The molecule has 0 unspecified atom stereocenters. The molecule has 1 aliphatic carbocycles. The number of sulfone groups is 1. The molecule has 172 valence electrons. The molecule has 1 aromatic carbocycles. The number of tetrazole rings is 1. The van der Waals surface area contributed by atoms with Crippen molar-refractivity contribution in [3.05, 3.63) is 29.8 Å². The van der Waals surface area contributed by atoms with Gasteiger partial charge in [0.05, 0.1) is 11.5 Å². The number of aromatic nitrogens is 4. The van der Waals surface area contributed by atoms with Gasteiger partial charge in [0.15, 0.2) is 23.0 Å². The highest BCUT2D eigenvalue weighted by atomic mass is 32.2. The number of nitrogens with zero attached hydrogens (tertiary/aromatic N) is 5. The van der Waals surface area contributed by atoms with Crippen molar-refractivity contribution < 1.29 is 22.7 Å². The number of esters is 1. The summed E-state index contributed by atoms with van der Waals surface area (Å²) in [4.78, 5) is 27.9. The highest BCUT2D eigenvalue weighted by molar-refractivity contribution is 7.91. The van der Waals surface area contributed by atoms with Gasteiger partial charge in [0, 0.05) is 17.6 Å². The molecule has 1 saturated heterocycles. The zero-order valence-corrected chi connectivity index (χ0v) is 18.8. The van der Waals surface area contributed by atoms with E-state index in [2.05, 4.69) is 15.4 Å². The molecule has 2 fully saturated rings. The zero-order chi connectivity index (χ0) is 22.7. The highest BCUT2D eigenvalue weighted by Gasteiger charge is 2.39. The lowest BCUT2D eigenvalue weighted by Gasteiger charge is -2.33. The lowest BCUT2D eigenvalue weighted by atomic mass is 10.1. The first kappa shape index (κ1) is 22.4. The van der Waals surface area contributed by atoms with Crippen molar-refractivity contribution in [3.8, 4) is 11.4 Å². The normalized spacial score (nSPS) is 20.3. The molecule has 2 heterocycles. The molecule has 0 spiro atoms. The summed E-state index contributed by atoms with van der Waals surface area (Å²) in [5.41, 5.74) is 1.89. The monoisotopic (exact) mass is 461 g/mol. The maximum Gasteiger partial charge on any atom is 0.330 e. The van der Waals surface area contributed by atoms with Crippen molar-refractivity contribution in [2.75, 3.05) is 18.1 Å². The fourth-order valence-corrected chi connectivity index (χ4v) is 6.10. The van der Waals surface area contributed by atoms with Gasteiger partial charge >= 0.3 is 5.97 Å². The molecular weight excluding hydrogens is 434 g/mol. The van der Waals surface area contributed by atoms with Gasteiger partial charge in [-0.1, -0.05) is 42.7 Å². The summed E-state index contributed by atoms with van der Waals surface area (Å²) in [6.07, 6.45) is 4.15. The van der Waals surface area contributed by atoms with Crippen LogP contribution in [0.2, 0.25) is 0 Å². The van der Waals surface area contributed by atoms with Crippen LogP contribution in [-0.4, -0.2) is 75.6 Å². The third kappa shape index (κ3) is 5.32. The Bertz CT molecular complexity index is 1080. The van der Waals surface area contributed by atoms with Crippen LogP contribution < -0.4 is 0 Å². The molecule has 4 rings (SSSR count). The summed E-state index contributed by atoms with van der Waals surface area (Å²) < 4.78 is 29.0. The molecule has 1 amide bonds. The van der Waals surface area contributed by atoms with Gasteiger partial charge in [-0.15, -0.1) is 10.2 Å². The maximum absolute atomic E-state index is 12.9. The second-order valence-electron chi connectivity index (χ2n) is 8.47. The molecule has 1 atom stereocenters. The number of ether oxygens (including phenoxy) is 1. The summed E-state index contributed by atoms with van der Waals surface area (Å²) >= 11 is 0. The largest absolute Gasteiger partial charge is 0.454 e. The summed E-state index contributed by atoms with van der Waals surface area (Å²) in [6, 6.07) is 7.27. The molecule has 1 aliphatic heterocycles. The van der Waals surface area contributed by atoms with Crippen LogP contribution in [0.25, 0.3) is 11.4 Å². The average molecular weight is 462 g/mol. The van der Waals surface area contributed by atoms with Gasteiger partial charge in [0.1, 0.15) is 0 Å². The predicted molar refractivity (Wildman–Crippen MR) is 115 cm³/mol. The minimum Gasteiger partial charge on any atom is -0.454 e. The van der Waals surface area contributed by atoms with E-state index >= 15 is 0 Å². The Kier molecular flexibility index (Phi) is 6.54. The maximum atomic E-state index is 12.9. The van der Waals surface area contributed by atoms with Crippen LogP contribution in [0.5, 0.6) is 0 Å². The van der Waals surface area contributed by atoms with E-state index < -0.39 is 22.4 Å². The molecule has 0 bridgehead atoms. The predicted octanol–water partition coefficient (Wildman–Crippen LogP) is 1.15. The van der Waals surface area contributed by atoms with Crippen LogP contribution in [0.1, 0.15) is 37.7 Å². The van der Waals surface area contributed by atoms with Gasteiger partial charge in [0.2, 0.25) is 5.82 Å². The number of amides is 1. The minimum atomic E-state index is -3.13. The van der Waals surface area contributed by atoms with E-state index in [0.29, 0.717) is 12.2 Å². The van der Waals surface area contributed by atoms with Crippen LogP contribution in [0.4, 0.5) is 0 Å². The summed E-state index contributed by atoms with van der Waals surface area (Å²) in [5.74, 6) is -0.539. The number of hydrogen-bond donors (Lipinski definition) is 0. The minimum absolute atomic E-state index is 0.00792. The fourth-order valence-electron chi connectivity index (χ4n) is 4.39. The third-order valence-corrected chi connectivity index (χ3v) is 7.75.